The summed E-state index contributed by atoms with van der Waals surface area (Å²) >= 11 is 8.98. The Labute approximate surface area is 282 Å². The normalized spacial score (nSPS) is 16.8. The molecule has 0 radical (unpaired) electrons. The number of para-hydroxylation sites is 1. The van der Waals surface area contributed by atoms with E-state index in [-0.39, 0.29) is 28.6 Å². The standard InChI is InChI=1S/C36H25ClN4O4S2/c1-20-8-7-9-22(16-20)18-40-27-13-6-4-11-25(27)36(33(40)44)29-30(42)24-17-21(2)14-15-28(24)45-31(29)32(43)41(36)34-38-39-35(47-34)46-19-23-10-3-5-12-26(23)37/h3-17H,18-19H2,1-2H3. The first-order chi connectivity index (χ1) is 22.8. The zero-order valence-electron chi connectivity index (χ0n) is 25.2. The minimum Gasteiger partial charge on any atom is -0.450 e. The first-order valence-electron chi connectivity index (χ1n) is 14.9. The summed E-state index contributed by atoms with van der Waals surface area (Å²) in [5, 5.41) is 9.94. The fraction of sp³-hybridized carbons (Fsp3) is 0.139. The molecule has 0 N–H and O–H groups in total. The Morgan fingerprint density at radius 3 is 2.51 bits per heavy atom. The average molecular weight is 677 g/mol. The van der Waals surface area contributed by atoms with Gasteiger partial charge in [0.1, 0.15) is 5.58 Å². The Bertz CT molecular complexity index is 2340. The zero-order valence-corrected chi connectivity index (χ0v) is 27.6. The van der Waals surface area contributed by atoms with Crippen LogP contribution in [0.2, 0.25) is 5.02 Å². The molecule has 0 fully saturated rings. The minimum atomic E-state index is -1.85. The summed E-state index contributed by atoms with van der Waals surface area (Å²) in [6, 6.07) is 28.0. The molecule has 2 aliphatic heterocycles. The van der Waals surface area contributed by atoms with E-state index in [1.807, 2.05) is 86.6 Å². The number of hydrogen-bond acceptors (Lipinski definition) is 8. The minimum absolute atomic E-state index is 0.00902. The van der Waals surface area contributed by atoms with Gasteiger partial charge in [-0.25, -0.2) is 0 Å². The first kappa shape index (κ1) is 29.6. The molecule has 0 saturated carbocycles. The molecule has 0 bridgehead atoms. The lowest BCUT2D eigenvalue weighted by molar-refractivity contribution is -0.121. The number of hydrogen-bond donors (Lipinski definition) is 0. The number of carbonyl (C=O) groups excluding carboxylic acids is 2. The zero-order chi connectivity index (χ0) is 32.4. The maximum absolute atomic E-state index is 15.2. The van der Waals surface area contributed by atoms with Gasteiger partial charge in [0.2, 0.25) is 10.9 Å². The highest BCUT2D eigenvalue weighted by Crippen LogP contribution is 2.55. The van der Waals surface area contributed by atoms with Gasteiger partial charge in [-0.05, 0) is 49.2 Å². The van der Waals surface area contributed by atoms with Gasteiger partial charge in [-0.2, -0.15) is 0 Å². The molecule has 4 heterocycles. The third kappa shape index (κ3) is 4.54. The van der Waals surface area contributed by atoms with E-state index in [2.05, 4.69) is 10.2 Å². The molecular formula is C36H25ClN4O4S2. The summed E-state index contributed by atoms with van der Waals surface area (Å²) in [7, 11) is 0. The second-order valence-electron chi connectivity index (χ2n) is 11.6. The maximum atomic E-state index is 15.2. The van der Waals surface area contributed by atoms with Crippen molar-refractivity contribution in [3.05, 3.63) is 145 Å². The smallest absolute Gasteiger partial charge is 0.297 e. The van der Waals surface area contributed by atoms with E-state index in [0.717, 1.165) is 22.3 Å². The van der Waals surface area contributed by atoms with Gasteiger partial charge in [-0.1, -0.05) is 113 Å². The molecule has 8 nitrogen and oxygen atoms in total. The van der Waals surface area contributed by atoms with Gasteiger partial charge in [0.05, 0.1) is 23.2 Å². The van der Waals surface area contributed by atoms with Crippen molar-refractivity contribution in [1.29, 1.82) is 0 Å². The van der Waals surface area contributed by atoms with Gasteiger partial charge in [-0.15, -0.1) is 10.2 Å². The van der Waals surface area contributed by atoms with Crippen LogP contribution in [0.3, 0.4) is 0 Å². The lowest BCUT2D eigenvalue weighted by Gasteiger charge is -2.32. The molecule has 4 aromatic carbocycles. The molecule has 0 aliphatic carbocycles. The number of carbonyl (C=O) groups is 2. The molecular weight excluding hydrogens is 652 g/mol. The van der Waals surface area contributed by atoms with Crippen LogP contribution in [0.25, 0.3) is 11.0 Å². The Morgan fingerprint density at radius 2 is 1.68 bits per heavy atom. The van der Waals surface area contributed by atoms with Crippen LogP contribution in [0.4, 0.5) is 10.8 Å². The number of thioether (sulfide) groups is 1. The number of aromatic nitrogens is 2. The number of anilines is 2. The Kier molecular flexibility index (Phi) is 7.05. The van der Waals surface area contributed by atoms with E-state index in [9.17, 15) is 9.59 Å². The largest absolute Gasteiger partial charge is 0.450 e. The van der Waals surface area contributed by atoms with Crippen molar-refractivity contribution in [3.63, 3.8) is 0 Å². The average Bonchev–Trinajstić information content (AvgIpc) is 3.70. The topological polar surface area (TPSA) is 96.6 Å². The number of nitrogens with zero attached hydrogens (tertiary/aromatic N) is 4. The summed E-state index contributed by atoms with van der Waals surface area (Å²) in [6.07, 6.45) is 0. The van der Waals surface area contributed by atoms with Crippen molar-refractivity contribution < 1.29 is 14.0 Å². The van der Waals surface area contributed by atoms with E-state index >= 15 is 4.79 Å². The quantitative estimate of drug-likeness (QED) is 0.132. The van der Waals surface area contributed by atoms with Gasteiger partial charge in [0.25, 0.3) is 11.8 Å². The van der Waals surface area contributed by atoms with Crippen LogP contribution in [-0.4, -0.2) is 22.0 Å². The Balaban J connectivity index is 1.33. The number of rotatable bonds is 6. The van der Waals surface area contributed by atoms with E-state index in [1.54, 1.807) is 23.1 Å². The number of halogens is 1. The summed E-state index contributed by atoms with van der Waals surface area (Å²) < 4.78 is 6.80. The molecule has 2 amide bonds. The van der Waals surface area contributed by atoms with Crippen LogP contribution in [0.5, 0.6) is 0 Å². The first-order valence-corrected chi connectivity index (χ1v) is 17.0. The SMILES string of the molecule is Cc1cccc(CN2C(=O)C3(c4ccccc42)c2c(oc4ccc(C)cc4c2=O)C(=O)N3c2nnc(SCc3ccccc3Cl)s2)c1. The fourth-order valence-corrected chi connectivity index (χ4v) is 8.71. The third-order valence-corrected chi connectivity index (χ3v) is 11.1. The number of benzene rings is 4. The van der Waals surface area contributed by atoms with Crippen molar-refractivity contribution in [2.45, 2.75) is 36.0 Å². The van der Waals surface area contributed by atoms with Crippen molar-refractivity contribution in [2.24, 2.45) is 0 Å². The van der Waals surface area contributed by atoms with Crippen LogP contribution in [0.1, 0.15) is 43.9 Å². The van der Waals surface area contributed by atoms with Crippen LogP contribution < -0.4 is 15.2 Å². The Hall–Kier alpha value is -4.77. The summed E-state index contributed by atoms with van der Waals surface area (Å²) in [5.41, 5.74) is 2.84. The molecule has 0 saturated heterocycles. The lowest BCUT2D eigenvalue weighted by Crippen LogP contribution is -2.53. The number of aryl methyl sites for hydroxylation is 2. The van der Waals surface area contributed by atoms with Crippen LogP contribution in [0, 0.1) is 13.8 Å². The van der Waals surface area contributed by atoms with E-state index in [1.165, 1.54) is 28.0 Å². The number of amides is 2. The third-order valence-electron chi connectivity index (χ3n) is 8.60. The maximum Gasteiger partial charge on any atom is 0.297 e. The van der Waals surface area contributed by atoms with Gasteiger partial charge in [-0.3, -0.25) is 19.3 Å². The van der Waals surface area contributed by atoms with E-state index < -0.39 is 22.8 Å². The summed E-state index contributed by atoms with van der Waals surface area (Å²) in [6.45, 7) is 4.11. The highest BCUT2D eigenvalue weighted by atomic mass is 35.5. The highest BCUT2D eigenvalue weighted by Gasteiger charge is 2.66. The lowest BCUT2D eigenvalue weighted by atomic mass is 9.84. The molecule has 1 atom stereocenters. The summed E-state index contributed by atoms with van der Waals surface area (Å²) in [5.74, 6) is -0.705. The van der Waals surface area contributed by atoms with Gasteiger partial charge in [0.15, 0.2) is 15.3 Å². The van der Waals surface area contributed by atoms with Crippen molar-refractivity contribution in [1.82, 2.24) is 10.2 Å². The predicted octanol–water partition coefficient (Wildman–Crippen LogP) is 7.66. The van der Waals surface area contributed by atoms with Crippen molar-refractivity contribution in [2.75, 3.05) is 9.80 Å². The van der Waals surface area contributed by atoms with Crippen LogP contribution >= 0.6 is 34.7 Å². The molecule has 1 unspecified atom stereocenters. The monoisotopic (exact) mass is 676 g/mol. The molecule has 1 spiro atoms. The second-order valence-corrected chi connectivity index (χ2v) is 14.2. The number of fused-ring (bicyclic) bond motifs is 5. The molecule has 232 valence electrons. The molecule has 47 heavy (non-hydrogen) atoms. The van der Waals surface area contributed by atoms with Crippen LogP contribution in [-0.2, 0) is 22.6 Å². The van der Waals surface area contributed by atoms with Crippen molar-refractivity contribution in [3.8, 4) is 0 Å². The predicted molar refractivity (Wildman–Crippen MR) is 185 cm³/mol. The molecule has 11 heteroatoms. The Morgan fingerprint density at radius 1 is 0.894 bits per heavy atom. The van der Waals surface area contributed by atoms with E-state index in [0.29, 0.717) is 31.8 Å². The van der Waals surface area contributed by atoms with Gasteiger partial charge in [0, 0.05) is 16.3 Å². The van der Waals surface area contributed by atoms with Gasteiger partial charge >= 0.3 is 0 Å². The molecule has 6 aromatic rings. The highest BCUT2D eigenvalue weighted by molar-refractivity contribution is 8.00. The second kappa shape index (κ2) is 11.2. The van der Waals surface area contributed by atoms with E-state index in [4.69, 9.17) is 16.0 Å². The van der Waals surface area contributed by atoms with Crippen LogP contribution in [0.15, 0.2) is 105 Å². The van der Waals surface area contributed by atoms with Crippen molar-refractivity contribution >= 4 is 68.3 Å². The van der Waals surface area contributed by atoms with Gasteiger partial charge < -0.3 is 9.32 Å². The molecule has 2 aliphatic rings. The summed E-state index contributed by atoms with van der Waals surface area (Å²) in [4.78, 5) is 47.3. The molecule has 8 rings (SSSR count). The molecule has 2 aromatic heterocycles. The fourth-order valence-electron chi connectivity index (χ4n) is 6.53.